The number of amides is 3. The van der Waals surface area contributed by atoms with Gasteiger partial charge in [-0.15, -0.1) is 0 Å². The van der Waals surface area contributed by atoms with Gasteiger partial charge in [-0.05, 0) is 113 Å². The number of nitrogens with one attached hydrogen (secondary N) is 1. The van der Waals surface area contributed by atoms with Gasteiger partial charge in [0.05, 0.1) is 12.2 Å². The number of nitrogens with zero attached hydrogens (tertiary/aromatic N) is 3. The molecule has 11 heteroatoms. The third-order valence-corrected chi connectivity index (χ3v) is 10.7. The first-order valence-electron chi connectivity index (χ1n) is 17.5. The topological polar surface area (TPSA) is 83.5 Å². The van der Waals surface area contributed by atoms with E-state index in [0.717, 1.165) is 16.7 Å². The minimum Gasteiger partial charge on any atom is -0.493 e. The lowest BCUT2D eigenvalue weighted by atomic mass is 9.71. The highest BCUT2D eigenvalue weighted by Gasteiger charge is 2.60. The number of ether oxygens (including phenoxy) is 2. The Labute approximate surface area is 317 Å². The van der Waals surface area contributed by atoms with Crippen LogP contribution in [0.3, 0.4) is 0 Å². The Morgan fingerprint density at radius 1 is 0.882 bits per heavy atom. The van der Waals surface area contributed by atoms with Crippen LogP contribution < -0.4 is 10.1 Å². The minimum absolute atomic E-state index is 0.133. The molecule has 2 aliphatic heterocycles. The highest BCUT2D eigenvalue weighted by molar-refractivity contribution is 6.32. The highest BCUT2D eigenvalue weighted by Crippen LogP contribution is 2.54. The summed E-state index contributed by atoms with van der Waals surface area (Å²) < 4.78 is 11.8. The number of alkyl carbamates (subject to hydrolysis) is 1. The number of benzene rings is 3. The number of amidine groups is 1. The molecular formula is C40H49Cl3N4O4. The lowest BCUT2D eigenvalue weighted by Crippen LogP contribution is -2.59. The third-order valence-electron chi connectivity index (χ3n) is 9.84. The van der Waals surface area contributed by atoms with Crippen molar-refractivity contribution < 1.29 is 19.1 Å². The van der Waals surface area contributed by atoms with Crippen LogP contribution >= 0.6 is 34.8 Å². The number of hydrogen-bond donors (Lipinski definition) is 1. The Bertz CT molecular complexity index is 1790. The van der Waals surface area contributed by atoms with Crippen molar-refractivity contribution in [2.24, 2.45) is 4.99 Å². The maximum atomic E-state index is 15.2. The summed E-state index contributed by atoms with van der Waals surface area (Å²) in [5, 5.41) is 4.71. The van der Waals surface area contributed by atoms with E-state index in [0.29, 0.717) is 64.8 Å². The predicted octanol–water partition coefficient (Wildman–Crippen LogP) is 10.3. The van der Waals surface area contributed by atoms with E-state index in [4.69, 9.17) is 49.3 Å². The fourth-order valence-electron chi connectivity index (χ4n) is 6.98. The van der Waals surface area contributed by atoms with Crippen LogP contribution in [-0.2, 0) is 21.2 Å². The molecule has 0 radical (unpaired) electrons. The van der Waals surface area contributed by atoms with Gasteiger partial charge in [0.2, 0.25) is 0 Å². The normalized spacial score (nSPS) is 21.4. The summed E-state index contributed by atoms with van der Waals surface area (Å²) in [5.74, 6) is 1.03. The van der Waals surface area contributed by atoms with Gasteiger partial charge in [-0.2, -0.15) is 0 Å². The van der Waals surface area contributed by atoms with Gasteiger partial charge in [0.15, 0.2) is 0 Å². The van der Waals surface area contributed by atoms with E-state index >= 15 is 4.79 Å². The molecule has 3 aromatic rings. The molecule has 274 valence electrons. The standard InChI is InChI=1S/C40H49Cl3N4O4/c1-10-50-33-24-31(37(2,3)4)32(43)23-30(33)34-45-39(8,25-11-15-27(41)16-12-25)40(9,26-13-17-28(42)18-14-26)47(34)36(49)46-21-19-29(20-22-46)44-35(48)51-38(5,6)7/h11-18,23-24,29H,10,19-22H2,1-9H3,(H,44,48). The molecule has 51 heavy (non-hydrogen) atoms. The Hall–Kier alpha value is -3.46. The van der Waals surface area contributed by atoms with Gasteiger partial charge in [-0.3, -0.25) is 9.89 Å². The molecule has 1 saturated heterocycles. The van der Waals surface area contributed by atoms with Crippen molar-refractivity contribution in [3.63, 3.8) is 0 Å². The molecule has 2 atom stereocenters. The van der Waals surface area contributed by atoms with E-state index in [-0.39, 0.29) is 17.5 Å². The first kappa shape index (κ1) is 38.8. The summed E-state index contributed by atoms with van der Waals surface area (Å²) in [4.78, 5) is 37.0. The molecular weight excluding hydrogens is 707 g/mol. The van der Waals surface area contributed by atoms with E-state index in [9.17, 15) is 4.79 Å². The second-order valence-electron chi connectivity index (χ2n) is 15.6. The molecule has 0 spiro atoms. The van der Waals surface area contributed by atoms with Crippen LogP contribution in [0.4, 0.5) is 9.59 Å². The van der Waals surface area contributed by atoms with Gasteiger partial charge >= 0.3 is 12.1 Å². The third kappa shape index (κ3) is 7.84. The SMILES string of the molecule is CCOc1cc(C(C)(C)C)c(Cl)cc1C1=NC(C)(c2ccc(Cl)cc2)C(C)(c2ccc(Cl)cc2)N1C(=O)N1CCC(NC(=O)OC(C)(C)C)CC1. The molecule has 0 bridgehead atoms. The monoisotopic (exact) mass is 754 g/mol. The fraction of sp³-hybridized carbons (Fsp3) is 0.475. The van der Waals surface area contributed by atoms with E-state index in [1.165, 1.54) is 0 Å². The second kappa shape index (κ2) is 14.5. The molecule has 1 fully saturated rings. The zero-order chi connectivity index (χ0) is 37.5. The molecule has 8 nitrogen and oxygen atoms in total. The summed E-state index contributed by atoms with van der Waals surface area (Å²) in [6, 6.07) is 18.6. The first-order chi connectivity index (χ1) is 23.8. The maximum absolute atomic E-state index is 15.2. The number of hydrogen-bond acceptors (Lipinski definition) is 5. The number of urea groups is 1. The van der Waals surface area contributed by atoms with Crippen LogP contribution in [0.15, 0.2) is 65.7 Å². The van der Waals surface area contributed by atoms with Crippen molar-refractivity contribution in [2.75, 3.05) is 19.7 Å². The quantitative estimate of drug-likeness (QED) is 0.272. The summed E-state index contributed by atoms with van der Waals surface area (Å²) in [6.07, 6.45) is 0.663. The van der Waals surface area contributed by atoms with Gasteiger partial charge in [-0.1, -0.05) is 79.8 Å². The molecule has 2 aliphatic rings. The molecule has 3 aromatic carbocycles. The molecule has 1 N–H and O–H groups in total. The predicted molar refractivity (Wildman–Crippen MR) is 207 cm³/mol. The number of likely N-dealkylation sites (tertiary alicyclic amines) is 1. The molecule has 5 rings (SSSR count). The highest BCUT2D eigenvalue weighted by atomic mass is 35.5. The number of piperidine rings is 1. The number of carbonyl (C=O) groups excluding carboxylic acids is 2. The Balaban J connectivity index is 1.67. The average Bonchev–Trinajstić information content (AvgIpc) is 3.28. The Kier molecular flexibility index (Phi) is 11.0. The van der Waals surface area contributed by atoms with Gasteiger partial charge in [-0.25, -0.2) is 9.59 Å². The smallest absolute Gasteiger partial charge is 0.407 e. The number of aliphatic imine (C=N–C) groups is 1. The van der Waals surface area contributed by atoms with Crippen molar-refractivity contribution >= 4 is 52.8 Å². The van der Waals surface area contributed by atoms with Crippen LogP contribution in [0.1, 0.15) is 97.4 Å². The van der Waals surface area contributed by atoms with Crippen molar-refractivity contribution in [2.45, 2.75) is 103 Å². The van der Waals surface area contributed by atoms with Crippen LogP contribution in [0.2, 0.25) is 15.1 Å². The first-order valence-corrected chi connectivity index (χ1v) is 18.6. The van der Waals surface area contributed by atoms with Crippen LogP contribution in [0, 0.1) is 0 Å². The summed E-state index contributed by atoms with van der Waals surface area (Å²) >= 11 is 19.9. The maximum Gasteiger partial charge on any atom is 0.407 e. The minimum atomic E-state index is -1.07. The lowest BCUT2D eigenvalue weighted by molar-refractivity contribution is 0.0479. The van der Waals surface area contributed by atoms with Crippen molar-refractivity contribution in [1.29, 1.82) is 0 Å². The Morgan fingerprint density at radius 2 is 1.43 bits per heavy atom. The van der Waals surface area contributed by atoms with Crippen molar-refractivity contribution in [3.05, 3.63) is 98.0 Å². The lowest BCUT2D eigenvalue weighted by Gasteiger charge is -2.47. The molecule has 2 unspecified atom stereocenters. The summed E-state index contributed by atoms with van der Waals surface area (Å²) in [7, 11) is 0. The molecule has 2 heterocycles. The van der Waals surface area contributed by atoms with Gasteiger partial charge in [0.1, 0.15) is 28.3 Å². The number of rotatable bonds is 6. The molecule has 0 aromatic heterocycles. The summed E-state index contributed by atoms with van der Waals surface area (Å²) in [5.41, 5.74) is 0.302. The zero-order valence-electron chi connectivity index (χ0n) is 31.0. The molecule has 3 amide bonds. The van der Waals surface area contributed by atoms with Gasteiger partial charge < -0.3 is 19.7 Å². The van der Waals surface area contributed by atoms with Crippen LogP contribution in [0.25, 0.3) is 0 Å². The fourth-order valence-corrected chi connectivity index (χ4v) is 7.68. The number of carbonyl (C=O) groups is 2. The van der Waals surface area contributed by atoms with Crippen LogP contribution in [0.5, 0.6) is 5.75 Å². The van der Waals surface area contributed by atoms with E-state index in [1.54, 1.807) is 4.90 Å². The Morgan fingerprint density at radius 3 is 1.94 bits per heavy atom. The van der Waals surface area contributed by atoms with Crippen molar-refractivity contribution in [3.8, 4) is 5.75 Å². The average molecular weight is 756 g/mol. The van der Waals surface area contributed by atoms with Gasteiger partial charge in [0.25, 0.3) is 0 Å². The second-order valence-corrected chi connectivity index (χ2v) is 16.9. The van der Waals surface area contributed by atoms with Gasteiger partial charge in [0, 0.05) is 34.2 Å². The zero-order valence-corrected chi connectivity index (χ0v) is 33.3. The van der Waals surface area contributed by atoms with E-state index in [2.05, 4.69) is 26.1 Å². The molecule has 0 aliphatic carbocycles. The summed E-state index contributed by atoms with van der Waals surface area (Å²) in [6.45, 7) is 19.0. The van der Waals surface area contributed by atoms with Crippen LogP contribution in [-0.4, -0.2) is 59.1 Å². The molecule has 0 saturated carbocycles. The largest absolute Gasteiger partial charge is 0.493 e. The van der Waals surface area contributed by atoms with E-state index < -0.39 is 22.8 Å². The van der Waals surface area contributed by atoms with Crippen molar-refractivity contribution in [1.82, 2.24) is 15.1 Å². The number of halogens is 3. The van der Waals surface area contributed by atoms with E-state index in [1.807, 2.05) is 107 Å².